The lowest BCUT2D eigenvalue weighted by Gasteiger charge is -2.13. The van der Waals surface area contributed by atoms with Gasteiger partial charge in [-0.15, -0.1) is 0 Å². The normalized spacial score (nSPS) is 29.2. The van der Waals surface area contributed by atoms with Crippen LogP contribution >= 0.6 is 15.9 Å². The summed E-state index contributed by atoms with van der Waals surface area (Å²) in [5, 5.41) is 3.15. The van der Waals surface area contributed by atoms with Gasteiger partial charge in [0.05, 0.1) is 0 Å². The van der Waals surface area contributed by atoms with Crippen LogP contribution in [0.25, 0.3) is 0 Å². The van der Waals surface area contributed by atoms with Crippen molar-refractivity contribution in [3.05, 3.63) is 34.1 Å². The van der Waals surface area contributed by atoms with Crippen LogP contribution in [0, 0.1) is 11.7 Å². The minimum absolute atomic E-state index is 0.0247. The van der Waals surface area contributed by atoms with E-state index in [4.69, 9.17) is 0 Å². The van der Waals surface area contributed by atoms with E-state index in [0.29, 0.717) is 5.92 Å². The van der Waals surface area contributed by atoms with Crippen LogP contribution in [-0.4, -0.2) is 13.6 Å². The Hall–Kier alpha value is -0.410. The predicted octanol–water partition coefficient (Wildman–Crippen LogP) is 3.09. The van der Waals surface area contributed by atoms with Gasteiger partial charge in [-0.2, -0.15) is 0 Å². The molecule has 0 saturated heterocycles. The molecular weight excluding hydrogens is 257 g/mol. The number of benzene rings is 1. The Morgan fingerprint density at radius 2 is 2.33 bits per heavy atom. The van der Waals surface area contributed by atoms with E-state index in [0.717, 1.165) is 23.0 Å². The van der Waals surface area contributed by atoms with Crippen LogP contribution in [0.4, 0.5) is 4.39 Å². The molecule has 0 bridgehead atoms. The number of halogens is 2. The van der Waals surface area contributed by atoms with Gasteiger partial charge in [0.15, 0.2) is 0 Å². The lowest BCUT2D eigenvalue weighted by atomic mass is 9.95. The Labute approximate surface area is 98.2 Å². The van der Waals surface area contributed by atoms with Crippen molar-refractivity contribution in [2.24, 2.45) is 5.92 Å². The highest BCUT2D eigenvalue weighted by molar-refractivity contribution is 9.10. The van der Waals surface area contributed by atoms with Crippen LogP contribution < -0.4 is 5.32 Å². The van der Waals surface area contributed by atoms with E-state index < -0.39 is 0 Å². The molecule has 0 spiro atoms. The van der Waals surface area contributed by atoms with Gasteiger partial charge in [0.2, 0.25) is 0 Å². The summed E-state index contributed by atoms with van der Waals surface area (Å²) in [5.41, 5.74) is 0.869. The molecule has 1 aromatic rings. The zero-order valence-electron chi connectivity index (χ0n) is 8.98. The van der Waals surface area contributed by atoms with Crippen LogP contribution in [0.5, 0.6) is 0 Å². The average molecular weight is 272 g/mol. The fourth-order valence-electron chi connectivity index (χ4n) is 2.26. The SMILES string of the molecule is CNCC1CC1(C)c1cc(Br)ccc1F. The van der Waals surface area contributed by atoms with Crippen LogP contribution in [-0.2, 0) is 5.41 Å². The third kappa shape index (κ3) is 1.95. The van der Waals surface area contributed by atoms with Gasteiger partial charge in [0, 0.05) is 4.47 Å². The topological polar surface area (TPSA) is 12.0 Å². The maximum absolute atomic E-state index is 13.7. The van der Waals surface area contributed by atoms with E-state index in [-0.39, 0.29) is 11.2 Å². The molecule has 1 aliphatic carbocycles. The first kappa shape index (κ1) is 11.1. The zero-order chi connectivity index (χ0) is 11.1. The molecule has 82 valence electrons. The number of rotatable bonds is 3. The molecule has 1 fully saturated rings. The third-order valence-corrected chi connectivity index (χ3v) is 3.90. The van der Waals surface area contributed by atoms with E-state index in [1.807, 2.05) is 13.1 Å². The molecule has 1 aliphatic rings. The van der Waals surface area contributed by atoms with Gasteiger partial charge in [-0.25, -0.2) is 4.39 Å². The van der Waals surface area contributed by atoms with Crippen LogP contribution in [0.2, 0.25) is 0 Å². The molecule has 2 rings (SSSR count). The standard InChI is InChI=1S/C12H15BrFN/c1-12(6-8(12)7-15-2)10-5-9(13)3-4-11(10)14/h3-5,8,15H,6-7H2,1-2H3. The molecule has 1 nitrogen and oxygen atoms in total. The summed E-state index contributed by atoms with van der Waals surface area (Å²) in [6, 6.07) is 5.20. The van der Waals surface area contributed by atoms with E-state index in [1.54, 1.807) is 12.1 Å². The Balaban J connectivity index is 2.27. The van der Waals surface area contributed by atoms with Gasteiger partial charge in [0.1, 0.15) is 5.82 Å². The monoisotopic (exact) mass is 271 g/mol. The number of hydrogen-bond donors (Lipinski definition) is 1. The average Bonchev–Trinajstić information content (AvgIpc) is 2.83. The Morgan fingerprint density at radius 1 is 1.60 bits per heavy atom. The maximum atomic E-state index is 13.7. The first-order chi connectivity index (χ1) is 7.08. The lowest BCUT2D eigenvalue weighted by Crippen LogP contribution is -2.16. The summed E-state index contributed by atoms with van der Waals surface area (Å²) < 4.78 is 14.6. The van der Waals surface area contributed by atoms with Crippen LogP contribution in [0.3, 0.4) is 0 Å². The molecule has 0 aliphatic heterocycles. The van der Waals surface area contributed by atoms with E-state index in [9.17, 15) is 4.39 Å². The fraction of sp³-hybridized carbons (Fsp3) is 0.500. The molecule has 1 saturated carbocycles. The molecule has 0 heterocycles. The van der Waals surface area contributed by atoms with Crippen molar-refractivity contribution in [1.82, 2.24) is 5.32 Å². The zero-order valence-corrected chi connectivity index (χ0v) is 10.6. The minimum atomic E-state index is -0.0840. The molecule has 0 amide bonds. The largest absolute Gasteiger partial charge is 0.319 e. The highest BCUT2D eigenvalue weighted by Crippen LogP contribution is 2.54. The summed E-state index contributed by atoms with van der Waals surface area (Å²) in [6.45, 7) is 3.10. The summed E-state index contributed by atoms with van der Waals surface area (Å²) >= 11 is 3.39. The fourth-order valence-corrected chi connectivity index (χ4v) is 2.62. The second kappa shape index (κ2) is 3.87. The molecule has 2 atom stereocenters. The molecule has 15 heavy (non-hydrogen) atoms. The van der Waals surface area contributed by atoms with Gasteiger partial charge >= 0.3 is 0 Å². The molecule has 1 N–H and O–H groups in total. The van der Waals surface area contributed by atoms with Crippen molar-refractivity contribution in [2.45, 2.75) is 18.8 Å². The highest BCUT2D eigenvalue weighted by Gasteiger charge is 2.51. The van der Waals surface area contributed by atoms with Crippen molar-refractivity contribution in [3.8, 4) is 0 Å². The number of nitrogens with one attached hydrogen (secondary N) is 1. The highest BCUT2D eigenvalue weighted by atomic mass is 79.9. The molecule has 3 heteroatoms. The van der Waals surface area contributed by atoms with Gasteiger partial charge in [-0.1, -0.05) is 22.9 Å². The van der Waals surface area contributed by atoms with E-state index in [1.165, 1.54) is 0 Å². The second-order valence-electron chi connectivity index (χ2n) is 4.50. The first-order valence-corrected chi connectivity index (χ1v) is 5.97. The quantitative estimate of drug-likeness (QED) is 0.891. The van der Waals surface area contributed by atoms with Gasteiger partial charge in [-0.3, -0.25) is 0 Å². The molecule has 0 radical (unpaired) electrons. The maximum Gasteiger partial charge on any atom is 0.127 e. The van der Waals surface area contributed by atoms with Gasteiger partial charge in [-0.05, 0) is 55.1 Å². The Morgan fingerprint density at radius 3 is 3.00 bits per heavy atom. The summed E-state index contributed by atoms with van der Waals surface area (Å²) in [7, 11) is 1.94. The van der Waals surface area contributed by atoms with Crippen molar-refractivity contribution in [1.29, 1.82) is 0 Å². The predicted molar refractivity (Wildman–Crippen MR) is 63.5 cm³/mol. The van der Waals surface area contributed by atoms with Crippen molar-refractivity contribution in [3.63, 3.8) is 0 Å². The first-order valence-electron chi connectivity index (χ1n) is 5.18. The molecule has 1 aromatic carbocycles. The van der Waals surface area contributed by atoms with Gasteiger partial charge < -0.3 is 5.32 Å². The van der Waals surface area contributed by atoms with Crippen molar-refractivity contribution >= 4 is 15.9 Å². The van der Waals surface area contributed by atoms with Crippen molar-refractivity contribution < 1.29 is 4.39 Å². The van der Waals surface area contributed by atoms with Crippen molar-refractivity contribution in [2.75, 3.05) is 13.6 Å². The second-order valence-corrected chi connectivity index (χ2v) is 5.42. The van der Waals surface area contributed by atoms with Crippen LogP contribution in [0.1, 0.15) is 18.9 Å². The van der Waals surface area contributed by atoms with E-state index in [2.05, 4.69) is 28.2 Å². The lowest BCUT2D eigenvalue weighted by molar-refractivity contribution is 0.554. The molecule has 2 unspecified atom stereocenters. The minimum Gasteiger partial charge on any atom is -0.319 e. The molecule has 0 aromatic heterocycles. The summed E-state index contributed by atoms with van der Waals surface area (Å²) in [6.07, 6.45) is 1.07. The Bertz CT molecular complexity index is 380. The van der Waals surface area contributed by atoms with Crippen LogP contribution in [0.15, 0.2) is 22.7 Å². The smallest absolute Gasteiger partial charge is 0.127 e. The Kier molecular flexibility index (Phi) is 2.86. The third-order valence-electron chi connectivity index (χ3n) is 3.41. The summed E-state index contributed by atoms with van der Waals surface area (Å²) in [4.78, 5) is 0. The number of hydrogen-bond acceptors (Lipinski definition) is 1. The van der Waals surface area contributed by atoms with Gasteiger partial charge in [0.25, 0.3) is 0 Å². The molecular formula is C12H15BrFN. The van der Waals surface area contributed by atoms with E-state index >= 15 is 0 Å². The summed E-state index contributed by atoms with van der Waals surface area (Å²) in [5.74, 6) is 0.477.